The van der Waals surface area contributed by atoms with Gasteiger partial charge in [-0.3, -0.25) is 19.4 Å². The van der Waals surface area contributed by atoms with Gasteiger partial charge in [0.25, 0.3) is 5.91 Å². The summed E-state index contributed by atoms with van der Waals surface area (Å²) in [4.78, 5) is 46.3. The summed E-state index contributed by atoms with van der Waals surface area (Å²) in [5.41, 5.74) is 2.74. The molecule has 8 heteroatoms. The highest BCUT2D eigenvalue weighted by Crippen LogP contribution is 2.33. The molecule has 8 nitrogen and oxygen atoms in total. The Kier molecular flexibility index (Phi) is 11.4. The number of nitrogens with one attached hydrogen (secondary N) is 2. The molecule has 1 fully saturated rings. The van der Waals surface area contributed by atoms with Crippen LogP contribution in [0.4, 0.5) is 5.69 Å². The molecular weight excluding hydrogens is 540 g/mol. The number of anilines is 1. The Labute approximate surface area is 255 Å². The fourth-order valence-corrected chi connectivity index (χ4v) is 5.26. The Hall–Kier alpha value is -4.04. The number of pyridine rings is 1. The summed E-state index contributed by atoms with van der Waals surface area (Å²) in [7, 11) is 0. The maximum Gasteiger partial charge on any atom is 0.252 e. The molecule has 2 N–H and O–H groups in total. The number of rotatable bonds is 12. The quantitative estimate of drug-likeness (QED) is 0.238. The second-order valence-corrected chi connectivity index (χ2v) is 12.3. The summed E-state index contributed by atoms with van der Waals surface area (Å²) in [6.45, 7) is 8.31. The van der Waals surface area contributed by atoms with Crippen LogP contribution in [-0.4, -0.2) is 47.4 Å². The predicted molar refractivity (Wildman–Crippen MR) is 168 cm³/mol. The topological polar surface area (TPSA) is 101 Å². The van der Waals surface area contributed by atoms with Gasteiger partial charge in [-0.2, -0.15) is 0 Å². The van der Waals surface area contributed by atoms with Gasteiger partial charge in [0.05, 0.1) is 12.6 Å². The van der Waals surface area contributed by atoms with E-state index in [4.69, 9.17) is 4.74 Å². The largest absolute Gasteiger partial charge is 0.381 e. The molecule has 0 bridgehead atoms. The van der Waals surface area contributed by atoms with E-state index in [1.54, 1.807) is 30.5 Å². The zero-order valence-corrected chi connectivity index (χ0v) is 25.6. The number of hydrogen-bond donors (Lipinski definition) is 2. The minimum Gasteiger partial charge on any atom is -0.381 e. The molecule has 0 spiro atoms. The van der Waals surface area contributed by atoms with E-state index in [1.807, 2.05) is 53.6 Å². The number of amides is 3. The van der Waals surface area contributed by atoms with Gasteiger partial charge in [0.2, 0.25) is 11.8 Å². The lowest BCUT2D eigenvalue weighted by Gasteiger charge is -2.38. The van der Waals surface area contributed by atoms with Gasteiger partial charge in [-0.1, -0.05) is 63.2 Å². The third kappa shape index (κ3) is 9.75. The second-order valence-electron chi connectivity index (χ2n) is 12.3. The molecular formula is C35H44N4O4. The number of carbonyl (C=O) groups excluding carboxylic acids is 3. The number of nitrogens with zero attached hydrogens (tertiary/aromatic N) is 2. The minimum absolute atomic E-state index is 0.0957. The Bertz CT molecular complexity index is 1340. The number of ether oxygens (including phenoxy) is 1. The van der Waals surface area contributed by atoms with E-state index >= 15 is 0 Å². The van der Waals surface area contributed by atoms with E-state index in [0.29, 0.717) is 49.4 Å². The summed E-state index contributed by atoms with van der Waals surface area (Å²) in [6.07, 6.45) is 8.21. The molecule has 3 aromatic rings. The molecule has 228 valence electrons. The first-order valence-electron chi connectivity index (χ1n) is 15.3. The third-order valence-electron chi connectivity index (χ3n) is 7.40. The first-order valence-corrected chi connectivity index (χ1v) is 15.3. The second kappa shape index (κ2) is 15.4. The van der Waals surface area contributed by atoms with E-state index in [-0.39, 0.29) is 29.2 Å². The SMILES string of the molecule is CC(C)(C)COCCCCC(=O)Nc1cccc(C(=O)N[C@H](C(=O)N2CCCC[C@@H]2c2cccnc2)c2ccccc2)c1. The standard InChI is InChI=1S/C35H44N4O4/c1-35(2,3)25-43-22-10-8-19-31(40)37-29-17-11-15-27(23-29)33(41)38-32(26-13-5-4-6-14-26)34(42)39-21-9-7-18-30(39)28-16-12-20-36-24-28/h4-6,11-17,20,23-24,30,32H,7-10,18-19,21-22,25H2,1-3H3,(H,37,40)(H,38,41)/t30-,32+/m1/s1. The molecule has 2 atom stereocenters. The highest BCUT2D eigenvalue weighted by Gasteiger charge is 2.34. The Morgan fingerprint density at radius 2 is 1.81 bits per heavy atom. The summed E-state index contributed by atoms with van der Waals surface area (Å²) in [5.74, 6) is -0.648. The van der Waals surface area contributed by atoms with Crippen LogP contribution in [0, 0.1) is 5.41 Å². The van der Waals surface area contributed by atoms with Crippen LogP contribution < -0.4 is 10.6 Å². The van der Waals surface area contributed by atoms with Gasteiger partial charge in [0.15, 0.2) is 0 Å². The number of likely N-dealkylation sites (tertiary alicyclic amines) is 1. The van der Waals surface area contributed by atoms with Crippen LogP contribution in [0.2, 0.25) is 0 Å². The molecule has 1 aliphatic heterocycles. The number of aromatic nitrogens is 1. The third-order valence-corrected chi connectivity index (χ3v) is 7.40. The van der Waals surface area contributed by atoms with Crippen molar-refractivity contribution < 1.29 is 19.1 Å². The van der Waals surface area contributed by atoms with Crippen LogP contribution in [0.25, 0.3) is 0 Å². The van der Waals surface area contributed by atoms with Gasteiger partial charge in [0, 0.05) is 43.2 Å². The fourth-order valence-electron chi connectivity index (χ4n) is 5.26. The first kappa shape index (κ1) is 31.9. The molecule has 2 aromatic carbocycles. The summed E-state index contributed by atoms with van der Waals surface area (Å²) < 4.78 is 5.68. The predicted octanol–water partition coefficient (Wildman–Crippen LogP) is 6.48. The van der Waals surface area contributed by atoms with E-state index in [9.17, 15) is 14.4 Å². The Balaban J connectivity index is 1.41. The van der Waals surface area contributed by atoms with Crippen molar-refractivity contribution in [1.82, 2.24) is 15.2 Å². The lowest BCUT2D eigenvalue weighted by Crippen LogP contribution is -2.46. The van der Waals surface area contributed by atoms with Crippen LogP contribution in [0.5, 0.6) is 0 Å². The van der Waals surface area contributed by atoms with Gasteiger partial charge in [-0.15, -0.1) is 0 Å². The lowest BCUT2D eigenvalue weighted by atomic mass is 9.94. The van der Waals surface area contributed by atoms with Crippen LogP contribution in [0.15, 0.2) is 79.1 Å². The average molecular weight is 585 g/mol. The van der Waals surface area contributed by atoms with Crippen molar-refractivity contribution in [2.24, 2.45) is 5.41 Å². The summed E-state index contributed by atoms with van der Waals surface area (Å²) >= 11 is 0. The van der Waals surface area contributed by atoms with Gasteiger partial charge < -0.3 is 20.3 Å². The van der Waals surface area contributed by atoms with Crippen LogP contribution >= 0.6 is 0 Å². The monoisotopic (exact) mass is 584 g/mol. The molecule has 43 heavy (non-hydrogen) atoms. The van der Waals surface area contributed by atoms with Gasteiger partial charge in [-0.05, 0) is 72.9 Å². The molecule has 3 amide bonds. The van der Waals surface area contributed by atoms with Crippen molar-refractivity contribution in [1.29, 1.82) is 0 Å². The first-order chi connectivity index (χ1) is 20.7. The number of unbranched alkanes of at least 4 members (excludes halogenated alkanes) is 1. The zero-order chi connectivity index (χ0) is 30.7. The number of carbonyl (C=O) groups is 3. The van der Waals surface area contributed by atoms with Crippen molar-refractivity contribution in [3.05, 3.63) is 95.8 Å². The van der Waals surface area contributed by atoms with Crippen molar-refractivity contribution in [2.75, 3.05) is 25.1 Å². The molecule has 1 aliphatic rings. The van der Waals surface area contributed by atoms with Crippen molar-refractivity contribution in [3.63, 3.8) is 0 Å². The number of hydrogen-bond acceptors (Lipinski definition) is 5. The maximum atomic E-state index is 14.1. The van der Waals surface area contributed by atoms with E-state index < -0.39 is 6.04 Å². The highest BCUT2D eigenvalue weighted by atomic mass is 16.5. The highest BCUT2D eigenvalue weighted by molar-refractivity contribution is 5.99. The summed E-state index contributed by atoms with van der Waals surface area (Å²) in [5, 5.41) is 5.89. The van der Waals surface area contributed by atoms with Gasteiger partial charge >= 0.3 is 0 Å². The fraction of sp³-hybridized carbons (Fsp3) is 0.429. The van der Waals surface area contributed by atoms with Crippen molar-refractivity contribution >= 4 is 23.4 Å². The minimum atomic E-state index is -0.857. The lowest BCUT2D eigenvalue weighted by molar-refractivity contribution is -0.137. The van der Waals surface area contributed by atoms with E-state index in [0.717, 1.165) is 31.2 Å². The molecule has 0 saturated carbocycles. The average Bonchev–Trinajstić information content (AvgIpc) is 3.01. The molecule has 0 radical (unpaired) electrons. The van der Waals surface area contributed by atoms with Crippen molar-refractivity contribution in [2.45, 2.75) is 71.4 Å². The Morgan fingerprint density at radius 3 is 2.56 bits per heavy atom. The Morgan fingerprint density at radius 1 is 1.00 bits per heavy atom. The molecule has 0 aliphatic carbocycles. The van der Waals surface area contributed by atoms with Gasteiger partial charge in [-0.25, -0.2) is 0 Å². The number of benzene rings is 2. The van der Waals surface area contributed by atoms with Gasteiger partial charge in [0.1, 0.15) is 6.04 Å². The molecule has 0 unspecified atom stereocenters. The van der Waals surface area contributed by atoms with E-state index in [1.165, 1.54) is 0 Å². The van der Waals surface area contributed by atoms with Crippen molar-refractivity contribution in [3.8, 4) is 0 Å². The van der Waals surface area contributed by atoms with Crippen LogP contribution in [0.3, 0.4) is 0 Å². The summed E-state index contributed by atoms with van der Waals surface area (Å²) in [6, 6.07) is 19.1. The zero-order valence-electron chi connectivity index (χ0n) is 25.6. The van der Waals surface area contributed by atoms with Crippen LogP contribution in [0.1, 0.15) is 92.9 Å². The normalized spacial score (nSPS) is 15.9. The molecule has 1 aromatic heterocycles. The van der Waals surface area contributed by atoms with E-state index in [2.05, 4.69) is 36.4 Å². The van der Waals surface area contributed by atoms with Crippen LogP contribution in [-0.2, 0) is 14.3 Å². The number of piperidine rings is 1. The maximum absolute atomic E-state index is 14.1. The molecule has 1 saturated heterocycles. The smallest absolute Gasteiger partial charge is 0.252 e. The molecule has 2 heterocycles. The molecule has 4 rings (SSSR count).